The fourth-order valence-electron chi connectivity index (χ4n) is 2.59. The first-order valence-electron chi connectivity index (χ1n) is 8.68. The zero-order chi connectivity index (χ0) is 19.9. The van der Waals surface area contributed by atoms with Crippen LogP contribution in [0.15, 0.2) is 41.6 Å². The minimum atomic E-state index is -0.0811. The lowest BCUT2D eigenvalue weighted by molar-refractivity contribution is 0.213. The zero-order valence-electron chi connectivity index (χ0n) is 16.5. The lowest BCUT2D eigenvalue weighted by Gasteiger charge is -2.23. The van der Waals surface area contributed by atoms with Crippen LogP contribution in [0.1, 0.15) is 31.9 Å². The van der Waals surface area contributed by atoms with Gasteiger partial charge in [0.2, 0.25) is 0 Å². The molecule has 0 aliphatic heterocycles. The van der Waals surface area contributed by atoms with Crippen molar-refractivity contribution in [2.24, 2.45) is 5.16 Å². The van der Waals surface area contributed by atoms with Crippen molar-refractivity contribution in [2.75, 3.05) is 27.4 Å². The second-order valence-electron chi connectivity index (χ2n) is 6.96. The molecule has 6 heteroatoms. The number of hydrogen-bond acceptors (Lipinski definition) is 6. The molecule has 0 fully saturated rings. The molecular weight excluding hydrogens is 346 g/mol. The minimum Gasteiger partial charge on any atom is -0.497 e. The lowest BCUT2D eigenvalue weighted by Crippen LogP contribution is -2.16. The van der Waals surface area contributed by atoms with Crippen molar-refractivity contribution in [2.45, 2.75) is 26.2 Å². The Morgan fingerprint density at radius 1 is 0.889 bits per heavy atom. The Labute approximate surface area is 160 Å². The third-order valence-electron chi connectivity index (χ3n) is 4.01. The third-order valence-corrected chi connectivity index (χ3v) is 4.01. The van der Waals surface area contributed by atoms with E-state index in [1.54, 1.807) is 32.4 Å². The molecule has 0 aliphatic carbocycles. The molecule has 2 rings (SSSR count). The normalized spacial score (nSPS) is 11.4. The first-order valence-corrected chi connectivity index (χ1v) is 8.68. The van der Waals surface area contributed by atoms with Crippen LogP contribution in [0.3, 0.4) is 0 Å². The Morgan fingerprint density at radius 3 is 2.07 bits per heavy atom. The molecule has 0 saturated heterocycles. The van der Waals surface area contributed by atoms with Gasteiger partial charge in [-0.05, 0) is 35.7 Å². The van der Waals surface area contributed by atoms with Gasteiger partial charge in [-0.1, -0.05) is 25.9 Å². The maximum absolute atomic E-state index is 8.79. The largest absolute Gasteiger partial charge is 0.497 e. The number of methoxy groups -OCH3 is 2. The molecule has 0 heterocycles. The highest BCUT2D eigenvalue weighted by Crippen LogP contribution is 2.34. The molecule has 1 N–H and O–H groups in total. The Balaban J connectivity index is 2.05. The van der Waals surface area contributed by atoms with E-state index < -0.39 is 0 Å². The van der Waals surface area contributed by atoms with Gasteiger partial charge in [0, 0.05) is 17.2 Å². The van der Waals surface area contributed by atoms with E-state index in [1.165, 1.54) is 6.21 Å². The number of hydrogen-bond donors (Lipinski definition) is 1. The van der Waals surface area contributed by atoms with Gasteiger partial charge < -0.3 is 24.2 Å². The summed E-state index contributed by atoms with van der Waals surface area (Å²) in [5.41, 5.74) is 1.64. The molecule has 0 radical (unpaired) electrons. The van der Waals surface area contributed by atoms with Gasteiger partial charge in [-0.25, -0.2) is 0 Å². The van der Waals surface area contributed by atoms with Gasteiger partial charge in [-0.2, -0.15) is 0 Å². The summed E-state index contributed by atoms with van der Waals surface area (Å²) < 4.78 is 22.3. The molecule has 27 heavy (non-hydrogen) atoms. The lowest BCUT2D eigenvalue weighted by atomic mass is 9.86. The van der Waals surface area contributed by atoms with E-state index in [0.29, 0.717) is 30.3 Å². The quantitative estimate of drug-likeness (QED) is 0.324. The molecule has 0 bridgehead atoms. The highest BCUT2D eigenvalue weighted by Gasteiger charge is 2.20. The monoisotopic (exact) mass is 373 g/mol. The van der Waals surface area contributed by atoms with Crippen LogP contribution < -0.4 is 18.9 Å². The van der Waals surface area contributed by atoms with Gasteiger partial charge in [0.1, 0.15) is 36.2 Å². The molecule has 6 nitrogen and oxygen atoms in total. The maximum atomic E-state index is 8.79. The van der Waals surface area contributed by atoms with Crippen LogP contribution >= 0.6 is 0 Å². The molecular formula is C21H27NO5. The Bertz CT molecular complexity index is 781. The van der Waals surface area contributed by atoms with Crippen molar-refractivity contribution in [3.05, 3.63) is 47.5 Å². The van der Waals surface area contributed by atoms with Gasteiger partial charge in [0.15, 0.2) is 0 Å². The summed E-state index contributed by atoms with van der Waals surface area (Å²) in [6.45, 7) is 7.07. The fraction of sp³-hybridized carbons (Fsp3) is 0.381. The van der Waals surface area contributed by atoms with E-state index in [-0.39, 0.29) is 5.41 Å². The molecule has 0 spiro atoms. The molecule has 0 aliphatic rings. The number of ether oxygens (including phenoxy) is 4. The Morgan fingerprint density at radius 2 is 1.48 bits per heavy atom. The summed E-state index contributed by atoms with van der Waals surface area (Å²) in [6, 6.07) is 11.1. The van der Waals surface area contributed by atoms with Crippen LogP contribution in [-0.4, -0.2) is 38.9 Å². The second kappa shape index (κ2) is 9.16. The Kier molecular flexibility index (Phi) is 6.93. The van der Waals surface area contributed by atoms with Crippen molar-refractivity contribution in [3.8, 4) is 23.0 Å². The number of oxime groups is 1. The van der Waals surface area contributed by atoms with Crippen LogP contribution in [0, 0.1) is 0 Å². The summed E-state index contributed by atoms with van der Waals surface area (Å²) in [5.74, 6) is 2.82. The van der Waals surface area contributed by atoms with Crippen molar-refractivity contribution in [1.29, 1.82) is 0 Å². The fourth-order valence-corrected chi connectivity index (χ4v) is 2.59. The molecule has 2 aromatic carbocycles. The molecule has 146 valence electrons. The number of nitrogens with zero attached hydrogens (tertiary/aromatic N) is 1. The van der Waals surface area contributed by atoms with E-state index in [9.17, 15) is 0 Å². The highest BCUT2D eigenvalue weighted by molar-refractivity contribution is 5.83. The maximum Gasteiger partial charge on any atom is 0.132 e. The van der Waals surface area contributed by atoms with Crippen molar-refractivity contribution < 1.29 is 24.2 Å². The smallest absolute Gasteiger partial charge is 0.132 e. The van der Waals surface area contributed by atoms with E-state index in [4.69, 9.17) is 24.2 Å². The van der Waals surface area contributed by atoms with Gasteiger partial charge in [-0.3, -0.25) is 0 Å². The molecule has 0 aromatic heterocycles. The zero-order valence-corrected chi connectivity index (χ0v) is 16.5. The van der Waals surface area contributed by atoms with Crippen LogP contribution in [0.4, 0.5) is 0 Å². The van der Waals surface area contributed by atoms with Gasteiger partial charge in [0.25, 0.3) is 0 Å². The highest BCUT2D eigenvalue weighted by atomic mass is 16.5. The summed E-state index contributed by atoms with van der Waals surface area (Å²) in [6.07, 6.45) is 1.32. The predicted molar refractivity (Wildman–Crippen MR) is 105 cm³/mol. The standard InChI is InChI=1S/C21H27NO5/c1-21(2,3)18-12-16(24-4)8-9-19(18)26-10-11-27-20-13-17(25-5)7-6-15(20)14-22-23/h6-9,12-14,23H,10-11H2,1-5H3. The molecule has 2 aromatic rings. The number of rotatable bonds is 8. The summed E-state index contributed by atoms with van der Waals surface area (Å²) in [4.78, 5) is 0. The molecule has 0 saturated carbocycles. The number of benzene rings is 2. The van der Waals surface area contributed by atoms with E-state index in [2.05, 4.69) is 25.9 Å². The van der Waals surface area contributed by atoms with Crippen LogP contribution in [0.25, 0.3) is 0 Å². The summed E-state index contributed by atoms with van der Waals surface area (Å²) >= 11 is 0. The topological polar surface area (TPSA) is 69.5 Å². The van der Waals surface area contributed by atoms with Crippen LogP contribution in [0.2, 0.25) is 0 Å². The second-order valence-corrected chi connectivity index (χ2v) is 6.96. The van der Waals surface area contributed by atoms with Gasteiger partial charge in [-0.15, -0.1) is 0 Å². The van der Waals surface area contributed by atoms with Gasteiger partial charge >= 0.3 is 0 Å². The molecule has 0 atom stereocenters. The SMILES string of the molecule is COc1ccc(C=NO)c(OCCOc2ccc(OC)cc2C(C)(C)C)c1. The first kappa shape index (κ1) is 20.4. The van der Waals surface area contributed by atoms with E-state index in [0.717, 1.165) is 17.1 Å². The van der Waals surface area contributed by atoms with Crippen LogP contribution in [-0.2, 0) is 5.41 Å². The van der Waals surface area contributed by atoms with E-state index in [1.807, 2.05) is 18.2 Å². The third kappa shape index (κ3) is 5.54. The Hall–Kier alpha value is -2.89. The van der Waals surface area contributed by atoms with E-state index >= 15 is 0 Å². The average Bonchev–Trinajstić information content (AvgIpc) is 2.65. The predicted octanol–water partition coefficient (Wildman–Crippen LogP) is 4.27. The summed E-state index contributed by atoms with van der Waals surface area (Å²) in [5, 5.41) is 11.9. The molecule has 0 amide bonds. The van der Waals surface area contributed by atoms with Crippen LogP contribution in [0.5, 0.6) is 23.0 Å². The van der Waals surface area contributed by atoms with Crippen molar-refractivity contribution in [3.63, 3.8) is 0 Å². The first-order chi connectivity index (χ1) is 12.9. The molecule has 0 unspecified atom stereocenters. The summed E-state index contributed by atoms with van der Waals surface area (Å²) in [7, 11) is 3.23. The van der Waals surface area contributed by atoms with Gasteiger partial charge in [0.05, 0.1) is 20.4 Å². The van der Waals surface area contributed by atoms with Crippen molar-refractivity contribution >= 4 is 6.21 Å². The minimum absolute atomic E-state index is 0.0811. The average molecular weight is 373 g/mol. The van der Waals surface area contributed by atoms with Crippen molar-refractivity contribution in [1.82, 2.24) is 0 Å².